The van der Waals surface area contributed by atoms with Gasteiger partial charge in [-0.15, -0.1) is 0 Å². The van der Waals surface area contributed by atoms with Crippen LogP contribution in [0.3, 0.4) is 0 Å². The molecule has 1 fully saturated rings. The number of nitrogens with one attached hydrogen (secondary N) is 1. The topological polar surface area (TPSA) is 49.3 Å². The minimum absolute atomic E-state index is 0.178. The van der Waals surface area contributed by atoms with E-state index in [1.807, 2.05) is 0 Å². The molecule has 10 heavy (non-hydrogen) atoms. The van der Waals surface area contributed by atoms with Crippen molar-refractivity contribution < 1.29 is 14.3 Å². The zero-order valence-electron chi connectivity index (χ0n) is 5.51. The van der Waals surface area contributed by atoms with Crippen molar-refractivity contribution in [2.75, 3.05) is 13.1 Å². The minimum atomic E-state index is -1.22. The van der Waals surface area contributed by atoms with Crippen LogP contribution in [0, 0.1) is 5.92 Å². The van der Waals surface area contributed by atoms with Gasteiger partial charge in [0.2, 0.25) is 0 Å². The van der Waals surface area contributed by atoms with Crippen LogP contribution in [0.15, 0.2) is 0 Å². The number of hydrogen-bond donors (Lipinski definition) is 2. The average Bonchev–Trinajstić information content (AvgIpc) is 1.88. The van der Waals surface area contributed by atoms with E-state index in [4.69, 9.17) is 5.11 Å². The van der Waals surface area contributed by atoms with Crippen LogP contribution in [0.2, 0.25) is 0 Å². The number of carboxylic acid groups (broad SMARTS) is 1. The maximum atomic E-state index is 12.7. The van der Waals surface area contributed by atoms with Gasteiger partial charge in [0, 0.05) is 6.54 Å². The minimum Gasteiger partial charge on any atom is -0.481 e. The quantitative estimate of drug-likeness (QED) is 0.549. The molecule has 0 unspecified atom stereocenters. The third kappa shape index (κ3) is 1.44. The Morgan fingerprint density at radius 2 is 2.40 bits per heavy atom. The van der Waals surface area contributed by atoms with Crippen LogP contribution in [0.25, 0.3) is 0 Å². The molecule has 0 bridgehead atoms. The Bertz CT molecular complexity index is 140. The van der Waals surface area contributed by atoms with E-state index < -0.39 is 18.1 Å². The number of piperidine rings is 1. The summed E-state index contributed by atoms with van der Waals surface area (Å²) in [5, 5.41) is 11.2. The lowest BCUT2D eigenvalue weighted by Gasteiger charge is -2.22. The first kappa shape index (κ1) is 7.47. The maximum Gasteiger partial charge on any atom is 0.309 e. The fourth-order valence-corrected chi connectivity index (χ4v) is 1.10. The molecule has 0 spiro atoms. The molecule has 0 aromatic heterocycles. The van der Waals surface area contributed by atoms with Crippen molar-refractivity contribution in [1.82, 2.24) is 5.32 Å². The molecule has 0 saturated carbocycles. The molecule has 1 aliphatic heterocycles. The van der Waals surface area contributed by atoms with Crippen LogP contribution in [-0.4, -0.2) is 30.3 Å². The predicted molar refractivity (Wildman–Crippen MR) is 33.5 cm³/mol. The molecule has 1 heterocycles. The number of aliphatic carboxylic acids is 1. The molecular formula is C6H10FNO2. The van der Waals surface area contributed by atoms with Gasteiger partial charge in [0.1, 0.15) is 6.17 Å². The SMILES string of the molecule is O=C(O)[C@@H]1CCNC[C@@H]1F. The monoisotopic (exact) mass is 147 g/mol. The van der Waals surface area contributed by atoms with Crippen molar-refractivity contribution in [2.24, 2.45) is 5.92 Å². The van der Waals surface area contributed by atoms with Crippen LogP contribution in [0.5, 0.6) is 0 Å². The first-order chi connectivity index (χ1) is 4.72. The molecule has 0 aliphatic carbocycles. The molecule has 0 amide bonds. The van der Waals surface area contributed by atoms with Gasteiger partial charge in [-0.3, -0.25) is 4.79 Å². The molecule has 2 N–H and O–H groups in total. The van der Waals surface area contributed by atoms with Gasteiger partial charge >= 0.3 is 5.97 Å². The van der Waals surface area contributed by atoms with Gasteiger partial charge in [-0.05, 0) is 13.0 Å². The highest BCUT2D eigenvalue weighted by molar-refractivity contribution is 5.70. The van der Waals surface area contributed by atoms with E-state index >= 15 is 0 Å². The van der Waals surface area contributed by atoms with Gasteiger partial charge < -0.3 is 10.4 Å². The third-order valence-corrected chi connectivity index (χ3v) is 1.73. The van der Waals surface area contributed by atoms with E-state index in [1.54, 1.807) is 0 Å². The second-order valence-corrected chi connectivity index (χ2v) is 2.45. The van der Waals surface area contributed by atoms with Crippen LogP contribution < -0.4 is 5.32 Å². The average molecular weight is 147 g/mol. The molecule has 2 atom stereocenters. The Labute approximate surface area is 58.2 Å². The molecule has 1 rings (SSSR count). The predicted octanol–water partition coefficient (Wildman–Crippen LogP) is 0.0186. The summed E-state index contributed by atoms with van der Waals surface area (Å²) < 4.78 is 12.7. The number of alkyl halides is 1. The molecule has 0 aromatic carbocycles. The van der Waals surface area contributed by atoms with Crippen molar-refractivity contribution >= 4 is 5.97 Å². The van der Waals surface area contributed by atoms with Gasteiger partial charge in [0.15, 0.2) is 0 Å². The van der Waals surface area contributed by atoms with Crippen LogP contribution >= 0.6 is 0 Å². The van der Waals surface area contributed by atoms with E-state index in [0.29, 0.717) is 13.0 Å². The van der Waals surface area contributed by atoms with Crippen molar-refractivity contribution in [1.29, 1.82) is 0 Å². The standard InChI is InChI=1S/C6H10FNO2/c7-5-3-8-2-1-4(5)6(9)10/h4-5,8H,1-3H2,(H,9,10)/t4-,5+/m1/s1. The van der Waals surface area contributed by atoms with E-state index in [0.717, 1.165) is 0 Å². The zero-order chi connectivity index (χ0) is 7.56. The number of carboxylic acids is 1. The third-order valence-electron chi connectivity index (χ3n) is 1.73. The summed E-state index contributed by atoms with van der Waals surface area (Å²) in [7, 11) is 0. The number of halogens is 1. The number of hydrogen-bond acceptors (Lipinski definition) is 2. The first-order valence-corrected chi connectivity index (χ1v) is 3.29. The Balaban J connectivity index is 2.47. The second-order valence-electron chi connectivity index (χ2n) is 2.45. The van der Waals surface area contributed by atoms with Gasteiger partial charge in [-0.25, -0.2) is 4.39 Å². The van der Waals surface area contributed by atoms with E-state index in [2.05, 4.69) is 5.32 Å². The van der Waals surface area contributed by atoms with Gasteiger partial charge in [-0.2, -0.15) is 0 Å². The highest BCUT2D eigenvalue weighted by atomic mass is 19.1. The lowest BCUT2D eigenvalue weighted by Crippen LogP contribution is -2.41. The molecule has 1 aliphatic rings. The highest BCUT2D eigenvalue weighted by Crippen LogP contribution is 2.15. The largest absolute Gasteiger partial charge is 0.481 e. The smallest absolute Gasteiger partial charge is 0.309 e. The summed E-state index contributed by atoms with van der Waals surface area (Å²) in [5.41, 5.74) is 0. The van der Waals surface area contributed by atoms with Crippen LogP contribution in [0.4, 0.5) is 4.39 Å². The fourth-order valence-electron chi connectivity index (χ4n) is 1.10. The van der Waals surface area contributed by atoms with Gasteiger partial charge in [-0.1, -0.05) is 0 Å². The van der Waals surface area contributed by atoms with Gasteiger partial charge in [0.05, 0.1) is 5.92 Å². The van der Waals surface area contributed by atoms with Crippen molar-refractivity contribution in [3.05, 3.63) is 0 Å². The summed E-state index contributed by atoms with van der Waals surface area (Å²) in [4.78, 5) is 10.3. The number of carbonyl (C=O) groups is 1. The van der Waals surface area contributed by atoms with Crippen molar-refractivity contribution in [3.63, 3.8) is 0 Å². The van der Waals surface area contributed by atoms with Crippen molar-refractivity contribution in [2.45, 2.75) is 12.6 Å². The molecular weight excluding hydrogens is 137 g/mol. The summed E-state index contributed by atoms with van der Waals surface area (Å²) in [6.07, 6.45) is -0.817. The Morgan fingerprint density at radius 1 is 1.70 bits per heavy atom. The summed E-state index contributed by atoms with van der Waals surface area (Å²) in [5.74, 6) is -1.81. The summed E-state index contributed by atoms with van der Waals surface area (Å²) >= 11 is 0. The maximum absolute atomic E-state index is 12.7. The Hall–Kier alpha value is -0.640. The van der Waals surface area contributed by atoms with Crippen molar-refractivity contribution in [3.8, 4) is 0 Å². The lowest BCUT2D eigenvalue weighted by molar-refractivity contribution is -0.144. The van der Waals surface area contributed by atoms with E-state index in [9.17, 15) is 9.18 Å². The fraction of sp³-hybridized carbons (Fsp3) is 0.833. The van der Waals surface area contributed by atoms with E-state index in [-0.39, 0.29) is 6.54 Å². The van der Waals surface area contributed by atoms with Crippen LogP contribution in [-0.2, 0) is 4.79 Å². The molecule has 4 heteroatoms. The highest BCUT2D eigenvalue weighted by Gasteiger charge is 2.30. The molecule has 0 aromatic rings. The lowest BCUT2D eigenvalue weighted by atomic mass is 9.97. The number of rotatable bonds is 1. The summed E-state index contributed by atoms with van der Waals surface area (Å²) in [6, 6.07) is 0. The van der Waals surface area contributed by atoms with Gasteiger partial charge in [0.25, 0.3) is 0 Å². The normalized spacial score (nSPS) is 33.7. The molecule has 3 nitrogen and oxygen atoms in total. The zero-order valence-corrected chi connectivity index (χ0v) is 5.51. The second kappa shape index (κ2) is 2.96. The summed E-state index contributed by atoms with van der Waals surface area (Å²) in [6.45, 7) is 0.786. The first-order valence-electron chi connectivity index (χ1n) is 3.29. The Morgan fingerprint density at radius 3 is 2.80 bits per heavy atom. The van der Waals surface area contributed by atoms with Crippen LogP contribution in [0.1, 0.15) is 6.42 Å². The van der Waals surface area contributed by atoms with E-state index in [1.165, 1.54) is 0 Å². The molecule has 58 valence electrons. The molecule has 0 radical (unpaired) electrons. The Kier molecular flexibility index (Phi) is 2.21. The molecule has 1 saturated heterocycles.